The third-order valence-electron chi connectivity index (χ3n) is 6.29. The first-order valence-electron chi connectivity index (χ1n) is 9.69. The van der Waals surface area contributed by atoms with Crippen molar-refractivity contribution in [3.05, 3.63) is 23.4 Å². The molecule has 1 saturated heterocycles. The summed E-state index contributed by atoms with van der Waals surface area (Å²) in [7, 11) is 0. The first-order valence-corrected chi connectivity index (χ1v) is 9.69. The summed E-state index contributed by atoms with van der Waals surface area (Å²) in [4.78, 5) is 17.1. The maximum absolute atomic E-state index is 13.7. The highest BCUT2D eigenvalue weighted by atomic mass is 19.3. The Morgan fingerprint density at radius 3 is 2.37 bits per heavy atom. The van der Waals surface area contributed by atoms with Crippen LogP contribution in [0.2, 0.25) is 0 Å². The summed E-state index contributed by atoms with van der Waals surface area (Å²) in [5, 5.41) is 8.96. The minimum absolute atomic E-state index is 0.0530. The van der Waals surface area contributed by atoms with Crippen LogP contribution >= 0.6 is 0 Å². The number of hydrogen-bond acceptors (Lipinski definition) is 3. The summed E-state index contributed by atoms with van der Waals surface area (Å²) in [6, 6.07) is 2.52. The average molecular weight is 384 g/mol. The van der Waals surface area contributed by atoms with Crippen molar-refractivity contribution < 1.29 is 23.1 Å². The van der Waals surface area contributed by atoms with Crippen LogP contribution < -0.4 is 4.90 Å². The molecule has 1 saturated carbocycles. The van der Waals surface area contributed by atoms with Crippen molar-refractivity contribution >= 4 is 11.8 Å². The van der Waals surface area contributed by atoms with Gasteiger partial charge < -0.3 is 10.0 Å². The van der Waals surface area contributed by atoms with Crippen molar-refractivity contribution in [2.45, 2.75) is 64.5 Å². The van der Waals surface area contributed by atoms with Gasteiger partial charge in [-0.1, -0.05) is 0 Å². The molecule has 0 bridgehead atoms. The van der Waals surface area contributed by atoms with Crippen LogP contribution in [0.3, 0.4) is 0 Å². The lowest BCUT2D eigenvalue weighted by Crippen LogP contribution is -2.42. The maximum Gasteiger partial charge on any atom is 0.303 e. The first-order chi connectivity index (χ1) is 12.8. The van der Waals surface area contributed by atoms with E-state index in [-0.39, 0.29) is 29.0 Å². The van der Waals surface area contributed by atoms with E-state index in [9.17, 15) is 18.0 Å². The van der Waals surface area contributed by atoms with Gasteiger partial charge in [-0.05, 0) is 68.9 Å². The summed E-state index contributed by atoms with van der Waals surface area (Å²) in [6.07, 6.45) is 2.02. The van der Waals surface area contributed by atoms with Crippen molar-refractivity contribution in [3.8, 4) is 0 Å². The third-order valence-corrected chi connectivity index (χ3v) is 6.29. The van der Waals surface area contributed by atoms with E-state index in [1.807, 2.05) is 4.90 Å². The van der Waals surface area contributed by atoms with E-state index in [2.05, 4.69) is 4.98 Å². The zero-order valence-corrected chi connectivity index (χ0v) is 15.6. The summed E-state index contributed by atoms with van der Waals surface area (Å²) in [5.41, 5.74) is 0.0911. The van der Waals surface area contributed by atoms with Crippen molar-refractivity contribution in [3.63, 3.8) is 0 Å². The molecular formula is C20H27F3N2O2. The molecule has 1 spiro atoms. The van der Waals surface area contributed by atoms with E-state index in [1.54, 1.807) is 0 Å². The van der Waals surface area contributed by atoms with Crippen LogP contribution in [0.15, 0.2) is 12.1 Å². The fourth-order valence-corrected chi connectivity index (χ4v) is 4.50. The number of anilines is 1. The number of piperidine rings is 1. The van der Waals surface area contributed by atoms with E-state index in [1.165, 1.54) is 13.0 Å². The Labute approximate surface area is 157 Å². The quantitative estimate of drug-likeness (QED) is 0.748. The first kappa shape index (κ1) is 20.0. The summed E-state index contributed by atoms with van der Waals surface area (Å²) < 4.78 is 40.0. The van der Waals surface area contributed by atoms with Gasteiger partial charge in [0.1, 0.15) is 12.0 Å². The molecule has 0 aromatic carbocycles. The summed E-state index contributed by atoms with van der Waals surface area (Å²) >= 11 is 0. The zero-order valence-electron chi connectivity index (χ0n) is 15.6. The number of aliphatic carboxylic acids is 1. The molecule has 150 valence electrons. The van der Waals surface area contributed by atoms with Crippen LogP contribution in [0.25, 0.3) is 0 Å². The van der Waals surface area contributed by atoms with Crippen LogP contribution in [0.5, 0.6) is 0 Å². The summed E-state index contributed by atoms with van der Waals surface area (Å²) in [5.74, 6) is -0.0282. The lowest BCUT2D eigenvalue weighted by molar-refractivity contribution is -0.138. The van der Waals surface area contributed by atoms with Gasteiger partial charge in [-0.3, -0.25) is 4.79 Å². The number of carboxylic acids is 1. The van der Waals surface area contributed by atoms with Crippen molar-refractivity contribution in [1.29, 1.82) is 0 Å². The van der Waals surface area contributed by atoms with Gasteiger partial charge in [0.05, 0.1) is 5.69 Å². The monoisotopic (exact) mass is 384 g/mol. The zero-order chi connectivity index (χ0) is 19.6. The van der Waals surface area contributed by atoms with Gasteiger partial charge in [0.2, 0.25) is 0 Å². The van der Waals surface area contributed by atoms with Gasteiger partial charge in [-0.25, -0.2) is 18.2 Å². The number of carbonyl (C=O) groups is 1. The smallest absolute Gasteiger partial charge is 0.303 e. The van der Waals surface area contributed by atoms with E-state index in [0.29, 0.717) is 18.9 Å². The minimum atomic E-state index is -2.65. The minimum Gasteiger partial charge on any atom is -0.481 e. The predicted octanol–water partition coefficient (Wildman–Crippen LogP) is 5.30. The molecule has 27 heavy (non-hydrogen) atoms. The Hall–Kier alpha value is -1.79. The molecule has 3 rings (SSSR count). The molecule has 2 aliphatic rings. The molecule has 0 amide bonds. The SMILES string of the molecule is CC(F)c1cc(C(F)F)cc(N2CCC3(CCC(CC(=O)O)CC3)CC2)n1. The van der Waals surface area contributed by atoms with Crippen LogP contribution in [0, 0.1) is 11.3 Å². The Balaban J connectivity index is 1.65. The average Bonchev–Trinajstić information content (AvgIpc) is 2.63. The predicted molar refractivity (Wildman–Crippen MR) is 96.8 cm³/mol. The lowest BCUT2D eigenvalue weighted by Gasteiger charge is -2.46. The van der Waals surface area contributed by atoms with Crippen LogP contribution in [-0.4, -0.2) is 29.1 Å². The Bertz CT molecular complexity index is 637. The van der Waals surface area contributed by atoms with Crippen LogP contribution in [0.1, 0.15) is 75.7 Å². The highest BCUT2D eigenvalue weighted by Gasteiger charge is 2.38. The van der Waals surface area contributed by atoms with Crippen LogP contribution in [-0.2, 0) is 4.79 Å². The number of rotatable bonds is 5. The van der Waals surface area contributed by atoms with Crippen LogP contribution in [0.4, 0.5) is 19.0 Å². The van der Waals surface area contributed by atoms with E-state index >= 15 is 0 Å². The van der Waals surface area contributed by atoms with Crippen molar-refractivity contribution in [2.24, 2.45) is 11.3 Å². The van der Waals surface area contributed by atoms with Crippen molar-refractivity contribution in [1.82, 2.24) is 4.98 Å². The second-order valence-electron chi connectivity index (χ2n) is 8.13. The molecule has 1 atom stereocenters. The lowest BCUT2D eigenvalue weighted by atomic mass is 9.65. The highest BCUT2D eigenvalue weighted by molar-refractivity contribution is 5.67. The Morgan fingerprint density at radius 2 is 1.85 bits per heavy atom. The molecule has 2 fully saturated rings. The molecule has 0 radical (unpaired) electrons. The van der Waals surface area contributed by atoms with Gasteiger partial charge in [-0.2, -0.15) is 0 Å². The molecule has 7 heteroatoms. The normalized spacial score (nSPS) is 21.6. The number of nitrogens with zero attached hydrogens (tertiary/aromatic N) is 2. The number of halogens is 3. The fourth-order valence-electron chi connectivity index (χ4n) is 4.50. The van der Waals surface area contributed by atoms with Gasteiger partial charge >= 0.3 is 5.97 Å². The second-order valence-corrected chi connectivity index (χ2v) is 8.13. The number of carboxylic acid groups (broad SMARTS) is 1. The Morgan fingerprint density at radius 1 is 1.22 bits per heavy atom. The van der Waals surface area contributed by atoms with Gasteiger partial charge in [-0.15, -0.1) is 0 Å². The molecular weight excluding hydrogens is 357 g/mol. The molecule has 1 aliphatic heterocycles. The van der Waals surface area contributed by atoms with Crippen molar-refractivity contribution in [2.75, 3.05) is 18.0 Å². The number of hydrogen-bond donors (Lipinski definition) is 1. The largest absolute Gasteiger partial charge is 0.481 e. The number of pyridine rings is 1. The molecule has 1 aliphatic carbocycles. The maximum atomic E-state index is 13.7. The van der Waals surface area contributed by atoms with E-state index in [0.717, 1.165) is 44.6 Å². The molecule has 1 N–H and O–H groups in total. The number of aromatic nitrogens is 1. The summed E-state index contributed by atoms with van der Waals surface area (Å²) in [6.45, 7) is 2.73. The Kier molecular flexibility index (Phi) is 5.96. The highest BCUT2D eigenvalue weighted by Crippen LogP contribution is 2.47. The topological polar surface area (TPSA) is 53.4 Å². The molecule has 1 aromatic rings. The van der Waals surface area contributed by atoms with Gasteiger partial charge in [0, 0.05) is 25.1 Å². The molecule has 2 heterocycles. The fraction of sp³-hybridized carbons (Fsp3) is 0.700. The van der Waals surface area contributed by atoms with Gasteiger partial charge in [0.15, 0.2) is 0 Å². The van der Waals surface area contributed by atoms with Gasteiger partial charge in [0.25, 0.3) is 6.43 Å². The van der Waals surface area contributed by atoms with E-state index < -0.39 is 18.6 Å². The third kappa shape index (κ3) is 4.74. The molecule has 1 aromatic heterocycles. The molecule has 4 nitrogen and oxygen atoms in total. The second kappa shape index (κ2) is 8.07. The standard InChI is InChI=1S/C20H27F3N2O2/c1-13(21)16-11-15(19(22)23)12-17(24-16)25-8-6-20(7-9-25)4-2-14(3-5-20)10-18(26)27/h11-14,19H,2-10H2,1H3,(H,26,27). The van der Waals surface area contributed by atoms with E-state index in [4.69, 9.17) is 5.11 Å². The number of alkyl halides is 3. The molecule has 1 unspecified atom stereocenters.